The molecule has 52 heavy (non-hydrogen) atoms. The van der Waals surface area contributed by atoms with Crippen molar-refractivity contribution in [3.63, 3.8) is 0 Å². The fraction of sp³-hybridized carbons (Fsp3) is 0.270. The molecule has 0 bridgehead atoms. The second-order valence-electron chi connectivity index (χ2n) is 12.2. The number of hydrogen-bond acceptors (Lipinski definition) is 8. The number of halogens is 6. The minimum Gasteiger partial charge on any atom is -0.486 e. The number of rotatable bonds is 15. The molecule has 0 aliphatic rings. The molecule has 15 heteroatoms. The van der Waals surface area contributed by atoms with Gasteiger partial charge in [0.1, 0.15) is 19.8 Å². The van der Waals surface area contributed by atoms with Gasteiger partial charge in [0.25, 0.3) is 5.91 Å². The van der Waals surface area contributed by atoms with Gasteiger partial charge in [-0.3, -0.25) is 9.59 Å². The van der Waals surface area contributed by atoms with E-state index in [0.29, 0.717) is 15.6 Å². The molecule has 3 N–H and O–H groups in total. The molecule has 276 valence electrons. The molecule has 4 aromatic rings. The first-order chi connectivity index (χ1) is 24.6. The van der Waals surface area contributed by atoms with Crippen LogP contribution in [0.5, 0.6) is 11.5 Å². The van der Waals surface area contributed by atoms with Crippen molar-refractivity contribution in [1.29, 1.82) is 0 Å². The summed E-state index contributed by atoms with van der Waals surface area (Å²) in [6.45, 7) is 7.67. The molecule has 0 atom stereocenters. The van der Waals surface area contributed by atoms with Gasteiger partial charge < -0.3 is 30.2 Å². The molecule has 0 fully saturated rings. The number of ether oxygens (including phenoxy) is 3. The zero-order valence-corrected chi connectivity index (χ0v) is 33.0. The molecule has 4 aromatic carbocycles. The third kappa shape index (κ3) is 12.5. The molecule has 0 aromatic heterocycles. The first kappa shape index (κ1) is 41.2. The van der Waals surface area contributed by atoms with Crippen molar-refractivity contribution in [3.05, 3.63) is 113 Å². The molecule has 0 unspecified atom stereocenters. The topological polar surface area (TPSA) is 115 Å². The van der Waals surface area contributed by atoms with Crippen LogP contribution in [-0.2, 0) is 34.0 Å². The minimum atomic E-state index is -0.992. The number of anilines is 2. The van der Waals surface area contributed by atoms with Crippen molar-refractivity contribution >= 4 is 98.8 Å². The van der Waals surface area contributed by atoms with Gasteiger partial charge in [0, 0.05) is 39.1 Å². The molecule has 0 radical (unpaired) electrons. The van der Waals surface area contributed by atoms with Crippen LogP contribution >= 0.6 is 69.6 Å². The molecule has 0 spiro atoms. The second-order valence-corrected chi connectivity index (χ2v) is 14.7. The maximum absolute atomic E-state index is 12.8. The van der Waals surface area contributed by atoms with E-state index in [1.165, 1.54) is 24.3 Å². The van der Waals surface area contributed by atoms with Gasteiger partial charge in [-0.1, -0.05) is 69.6 Å². The number of esters is 2. The molecule has 4 rings (SSSR count). The average molecular weight is 830 g/mol. The van der Waals surface area contributed by atoms with Crippen molar-refractivity contribution in [2.75, 3.05) is 17.2 Å². The van der Waals surface area contributed by atoms with Gasteiger partial charge in [0.2, 0.25) is 0 Å². The third-order valence-electron chi connectivity index (χ3n) is 6.88. The fourth-order valence-corrected chi connectivity index (χ4v) is 6.67. The SMILES string of the molecule is CC(C)Nc1cc(Cl)cc(COc2c(Cl)cc(CC(=O)OC(=O)CNC(=O)c3cc(Cl)c(OCc4cc(Cl)cc(NC(C)C)c4)c(Cl)c3)cc2Cl)c1. The first-order valence-electron chi connectivity index (χ1n) is 15.9. The highest BCUT2D eigenvalue weighted by molar-refractivity contribution is 6.38. The van der Waals surface area contributed by atoms with Crippen LogP contribution in [0.3, 0.4) is 0 Å². The number of carbonyl (C=O) groups excluding carboxylic acids is 3. The monoisotopic (exact) mass is 827 g/mol. The Morgan fingerprint density at radius 2 is 1.02 bits per heavy atom. The Balaban J connectivity index is 1.28. The van der Waals surface area contributed by atoms with E-state index in [2.05, 4.69) is 16.0 Å². The first-order valence-corrected chi connectivity index (χ1v) is 18.2. The summed E-state index contributed by atoms with van der Waals surface area (Å²) in [6.07, 6.45) is -0.324. The predicted octanol–water partition coefficient (Wildman–Crippen LogP) is 10.4. The van der Waals surface area contributed by atoms with Crippen molar-refractivity contribution in [2.45, 2.75) is 59.4 Å². The Bertz CT molecular complexity index is 1910. The molecule has 1 amide bonds. The summed E-state index contributed by atoms with van der Waals surface area (Å²) in [5.74, 6) is -2.18. The lowest BCUT2D eigenvalue weighted by atomic mass is 10.1. The maximum atomic E-state index is 12.8. The Kier molecular flexibility index (Phi) is 15.0. The summed E-state index contributed by atoms with van der Waals surface area (Å²) in [5.41, 5.74) is 3.67. The van der Waals surface area contributed by atoms with Crippen LogP contribution in [0.2, 0.25) is 30.1 Å². The van der Waals surface area contributed by atoms with Crippen LogP contribution in [-0.4, -0.2) is 36.5 Å². The van der Waals surface area contributed by atoms with Gasteiger partial charge in [0.05, 0.1) is 26.5 Å². The Hall–Kier alpha value is -3.57. The fourth-order valence-electron chi connectivity index (χ4n) is 4.91. The van der Waals surface area contributed by atoms with E-state index in [4.69, 9.17) is 83.8 Å². The van der Waals surface area contributed by atoms with E-state index in [1.807, 2.05) is 45.9 Å². The number of carbonyl (C=O) groups is 3. The normalized spacial score (nSPS) is 11.0. The second kappa shape index (κ2) is 19.0. The smallest absolute Gasteiger partial charge is 0.333 e. The van der Waals surface area contributed by atoms with E-state index in [-0.39, 0.29) is 68.9 Å². The van der Waals surface area contributed by atoms with Gasteiger partial charge in [-0.15, -0.1) is 0 Å². The number of benzene rings is 4. The zero-order valence-electron chi connectivity index (χ0n) is 28.5. The Morgan fingerprint density at radius 1 is 0.577 bits per heavy atom. The quantitative estimate of drug-likeness (QED) is 0.0802. The molecular weight excluding hydrogens is 795 g/mol. The maximum Gasteiger partial charge on any atom is 0.333 e. The predicted molar refractivity (Wildman–Crippen MR) is 209 cm³/mol. The van der Waals surface area contributed by atoms with Crippen LogP contribution in [0, 0.1) is 0 Å². The minimum absolute atomic E-state index is 0.0577. The lowest BCUT2D eigenvalue weighted by Crippen LogP contribution is -2.32. The van der Waals surface area contributed by atoms with Crippen molar-refractivity contribution in [2.24, 2.45) is 0 Å². The highest BCUT2D eigenvalue weighted by Crippen LogP contribution is 2.37. The Labute approximate surface area is 332 Å². The summed E-state index contributed by atoms with van der Waals surface area (Å²) >= 11 is 38.1. The van der Waals surface area contributed by atoms with E-state index in [9.17, 15) is 14.4 Å². The van der Waals surface area contributed by atoms with Gasteiger partial charge in [-0.05, 0) is 105 Å². The summed E-state index contributed by atoms with van der Waals surface area (Å²) < 4.78 is 16.6. The molecule has 0 aliphatic carbocycles. The Morgan fingerprint density at radius 3 is 1.46 bits per heavy atom. The summed E-state index contributed by atoms with van der Waals surface area (Å²) in [6, 6.07) is 17.0. The van der Waals surface area contributed by atoms with Crippen molar-refractivity contribution in [3.8, 4) is 11.5 Å². The van der Waals surface area contributed by atoms with E-state index < -0.39 is 24.4 Å². The lowest BCUT2D eigenvalue weighted by Gasteiger charge is -2.15. The number of amides is 1. The molecule has 0 heterocycles. The molecule has 0 saturated heterocycles. The summed E-state index contributed by atoms with van der Waals surface area (Å²) in [7, 11) is 0. The highest BCUT2D eigenvalue weighted by Gasteiger charge is 2.19. The summed E-state index contributed by atoms with van der Waals surface area (Å²) in [5, 5.41) is 10.5. The van der Waals surface area contributed by atoms with Gasteiger partial charge >= 0.3 is 11.9 Å². The molecule has 0 saturated carbocycles. The zero-order chi connectivity index (χ0) is 38.1. The molecular formula is C37H35Cl6N3O6. The van der Waals surface area contributed by atoms with Crippen molar-refractivity contribution in [1.82, 2.24) is 5.32 Å². The van der Waals surface area contributed by atoms with E-state index in [1.54, 1.807) is 18.2 Å². The van der Waals surface area contributed by atoms with Gasteiger partial charge in [-0.2, -0.15) is 0 Å². The standard InChI is InChI=1S/C37H35Cl6N3O6/c1-19(2)45-27-7-22(5-25(38)14-27)17-50-35-29(40)9-21(10-30(35)41)11-33(47)52-34(48)16-44-37(49)24-12-31(42)36(32(43)13-24)51-18-23-6-26(39)15-28(8-23)46-20(3)4/h5-10,12-15,19-20,45-46H,11,16-18H2,1-4H3,(H,44,49). The summed E-state index contributed by atoms with van der Waals surface area (Å²) in [4.78, 5) is 37.7. The third-order valence-corrected chi connectivity index (χ3v) is 8.44. The van der Waals surface area contributed by atoms with Gasteiger partial charge in [-0.25, -0.2) is 4.79 Å². The van der Waals surface area contributed by atoms with Crippen LogP contribution < -0.4 is 25.4 Å². The molecule has 0 aliphatic heterocycles. The highest BCUT2D eigenvalue weighted by atomic mass is 35.5. The number of hydrogen-bond donors (Lipinski definition) is 3. The average Bonchev–Trinajstić information content (AvgIpc) is 3.01. The van der Waals surface area contributed by atoms with Crippen LogP contribution in [0.15, 0.2) is 60.7 Å². The van der Waals surface area contributed by atoms with Crippen molar-refractivity contribution < 1.29 is 28.6 Å². The largest absolute Gasteiger partial charge is 0.486 e. The van der Waals surface area contributed by atoms with Gasteiger partial charge in [0.15, 0.2) is 11.5 Å². The van der Waals surface area contributed by atoms with Crippen LogP contribution in [0.1, 0.15) is 54.7 Å². The van der Waals surface area contributed by atoms with Crippen LogP contribution in [0.25, 0.3) is 0 Å². The van der Waals surface area contributed by atoms with Crippen LogP contribution in [0.4, 0.5) is 11.4 Å². The van der Waals surface area contributed by atoms with E-state index in [0.717, 1.165) is 22.5 Å². The van der Waals surface area contributed by atoms with E-state index >= 15 is 0 Å². The number of nitrogens with one attached hydrogen (secondary N) is 3. The lowest BCUT2D eigenvalue weighted by molar-refractivity contribution is -0.158. The molecule has 9 nitrogen and oxygen atoms in total.